The highest BCUT2D eigenvalue weighted by atomic mass is 33.1. The molecule has 0 bridgehead atoms. The van der Waals surface area contributed by atoms with E-state index in [4.69, 9.17) is 0 Å². The maximum atomic E-state index is 12.3. The van der Waals surface area contributed by atoms with Crippen LogP contribution in [0.2, 0.25) is 0 Å². The van der Waals surface area contributed by atoms with E-state index in [-0.39, 0.29) is 0 Å². The average Bonchev–Trinajstić information content (AvgIpc) is 2.66. The predicted molar refractivity (Wildman–Crippen MR) is 129 cm³/mol. The van der Waals surface area contributed by atoms with Crippen molar-refractivity contribution in [3.8, 4) is 0 Å². The van der Waals surface area contributed by atoms with Gasteiger partial charge in [0, 0.05) is 9.79 Å². The maximum absolute atomic E-state index is 12.3. The standard InChI is InChI=1S/C16H18S2.C8H9F3S/c1-11-5-7-13(3)15(9-11)17-18-16-10-12(2)6-8-14(16)4;1-6-3-4-7(2)8(5-6)12(9,10)11/h5-10H,1-4H3;3-5H,1-2H3. The summed E-state index contributed by atoms with van der Waals surface area (Å²) in [5.74, 6) is 0. The molecule has 0 unspecified atom stereocenters. The van der Waals surface area contributed by atoms with Crippen LogP contribution < -0.4 is 0 Å². The van der Waals surface area contributed by atoms with Crippen molar-refractivity contribution >= 4 is 32.8 Å². The molecule has 162 valence electrons. The summed E-state index contributed by atoms with van der Waals surface area (Å²) in [5, 5.41) is 0. The molecule has 0 aliphatic carbocycles. The largest absolute Gasteiger partial charge is 0.237 e. The highest BCUT2D eigenvalue weighted by Crippen LogP contribution is 2.61. The molecule has 0 saturated carbocycles. The molecule has 0 aliphatic rings. The second kappa shape index (κ2) is 10.7. The average molecular weight is 469 g/mol. The molecule has 3 aromatic carbocycles. The fourth-order valence-electron chi connectivity index (χ4n) is 2.64. The van der Waals surface area contributed by atoms with Crippen LogP contribution in [0.15, 0.2) is 69.3 Å². The van der Waals surface area contributed by atoms with Crippen LogP contribution in [0.25, 0.3) is 0 Å². The van der Waals surface area contributed by atoms with E-state index in [1.54, 1.807) is 13.0 Å². The lowest BCUT2D eigenvalue weighted by molar-refractivity contribution is 0.631. The highest BCUT2D eigenvalue weighted by molar-refractivity contribution is 8.76. The van der Waals surface area contributed by atoms with Gasteiger partial charge >= 0.3 is 0 Å². The Hall–Kier alpha value is -1.50. The molecule has 0 aliphatic heterocycles. The van der Waals surface area contributed by atoms with Crippen LogP contribution in [-0.4, -0.2) is 0 Å². The summed E-state index contributed by atoms with van der Waals surface area (Å²) in [7, 11) is 3.71. The fourth-order valence-corrected chi connectivity index (χ4v) is 6.06. The molecule has 0 fully saturated rings. The van der Waals surface area contributed by atoms with Gasteiger partial charge in [0.25, 0.3) is 0 Å². The summed E-state index contributed by atoms with van der Waals surface area (Å²) in [5.41, 5.74) is 6.31. The Morgan fingerprint density at radius 1 is 0.533 bits per heavy atom. The van der Waals surface area contributed by atoms with Crippen molar-refractivity contribution in [2.75, 3.05) is 0 Å². The van der Waals surface area contributed by atoms with Gasteiger partial charge in [-0.25, -0.2) is 0 Å². The van der Waals surface area contributed by atoms with Gasteiger partial charge in [-0.05, 0) is 93.1 Å². The van der Waals surface area contributed by atoms with Crippen LogP contribution in [0.3, 0.4) is 0 Å². The number of hydrogen-bond donors (Lipinski definition) is 0. The zero-order valence-electron chi connectivity index (χ0n) is 18.1. The topological polar surface area (TPSA) is 0 Å². The van der Waals surface area contributed by atoms with Gasteiger partial charge in [-0.2, -0.15) is 0 Å². The van der Waals surface area contributed by atoms with Gasteiger partial charge in [0.1, 0.15) is 0 Å². The molecule has 0 heterocycles. The van der Waals surface area contributed by atoms with Crippen LogP contribution in [0, 0.1) is 41.5 Å². The van der Waals surface area contributed by atoms with E-state index in [0.29, 0.717) is 11.1 Å². The Bertz CT molecular complexity index is 960. The van der Waals surface area contributed by atoms with E-state index in [1.165, 1.54) is 51.1 Å². The molecular weight excluding hydrogens is 441 g/mol. The molecule has 3 rings (SSSR count). The molecule has 3 aromatic rings. The van der Waals surface area contributed by atoms with Crippen LogP contribution in [-0.2, 0) is 0 Å². The monoisotopic (exact) mass is 468 g/mol. The minimum atomic E-state index is -5.06. The molecule has 0 N–H and O–H groups in total. The summed E-state index contributed by atoms with van der Waals surface area (Å²) >= 11 is -5.06. The van der Waals surface area contributed by atoms with E-state index < -0.39 is 16.1 Å². The smallest absolute Gasteiger partial charge is 0.120 e. The first-order valence-electron chi connectivity index (χ1n) is 9.46. The van der Waals surface area contributed by atoms with Crippen molar-refractivity contribution in [2.24, 2.45) is 0 Å². The Morgan fingerprint density at radius 3 is 1.27 bits per heavy atom. The predicted octanol–water partition coefficient (Wildman–Crippen LogP) is 9.84. The van der Waals surface area contributed by atoms with Gasteiger partial charge in [-0.3, -0.25) is 0 Å². The van der Waals surface area contributed by atoms with Crippen LogP contribution in [0.5, 0.6) is 0 Å². The van der Waals surface area contributed by atoms with Crippen molar-refractivity contribution < 1.29 is 11.7 Å². The first-order valence-corrected chi connectivity index (χ1v) is 12.9. The Balaban J connectivity index is 0.000000232. The number of rotatable bonds is 4. The third kappa shape index (κ3) is 7.33. The SMILES string of the molecule is Cc1ccc(C)c(S(F)(F)F)c1.Cc1ccc(C)c(SSc2cc(C)ccc2C)c1. The number of benzene rings is 3. The quantitative estimate of drug-likeness (QED) is 0.349. The highest BCUT2D eigenvalue weighted by Gasteiger charge is 2.26. The number of aryl methyl sites for hydroxylation is 6. The van der Waals surface area contributed by atoms with Crippen molar-refractivity contribution in [1.82, 2.24) is 0 Å². The van der Waals surface area contributed by atoms with Crippen molar-refractivity contribution in [2.45, 2.75) is 56.2 Å². The maximum Gasteiger partial charge on any atom is 0.237 e. The summed E-state index contributed by atoms with van der Waals surface area (Å²) in [6.07, 6.45) is 0. The molecule has 0 atom stereocenters. The lowest BCUT2D eigenvalue weighted by Crippen LogP contribution is -1.86. The molecule has 0 saturated heterocycles. The van der Waals surface area contributed by atoms with E-state index in [0.717, 1.165) is 0 Å². The van der Waals surface area contributed by atoms with E-state index in [1.807, 2.05) is 21.6 Å². The van der Waals surface area contributed by atoms with Crippen molar-refractivity contribution in [3.63, 3.8) is 0 Å². The number of hydrogen-bond acceptors (Lipinski definition) is 2. The summed E-state index contributed by atoms with van der Waals surface area (Å²) in [4.78, 5) is 2.27. The molecule has 0 spiro atoms. The number of halogens is 3. The Kier molecular flexibility index (Phi) is 8.83. The van der Waals surface area contributed by atoms with Gasteiger partial charge in [-0.15, -0.1) is 11.7 Å². The third-order valence-corrected chi connectivity index (χ3v) is 8.09. The van der Waals surface area contributed by atoms with Gasteiger partial charge in [0.2, 0.25) is 11.2 Å². The molecule has 0 radical (unpaired) electrons. The zero-order chi connectivity index (χ0) is 22.5. The summed E-state index contributed by atoms with van der Waals surface area (Å²) in [6.45, 7) is 11.8. The van der Waals surface area contributed by atoms with Gasteiger partial charge in [-0.1, -0.05) is 58.0 Å². The van der Waals surface area contributed by atoms with E-state index in [2.05, 4.69) is 64.1 Å². The van der Waals surface area contributed by atoms with Crippen LogP contribution >= 0.6 is 32.8 Å². The van der Waals surface area contributed by atoms with Crippen molar-refractivity contribution in [3.05, 3.63) is 88.0 Å². The molecule has 0 nitrogen and oxygen atoms in total. The zero-order valence-corrected chi connectivity index (χ0v) is 20.5. The summed E-state index contributed by atoms with van der Waals surface area (Å²) in [6, 6.07) is 17.6. The minimum absolute atomic E-state index is 0.308. The second-order valence-corrected chi connectivity index (χ2v) is 10.8. The van der Waals surface area contributed by atoms with E-state index >= 15 is 0 Å². The second-order valence-electron chi connectivity index (χ2n) is 7.38. The van der Waals surface area contributed by atoms with Crippen LogP contribution in [0.4, 0.5) is 11.7 Å². The van der Waals surface area contributed by atoms with Gasteiger partial charge in [0.05, 0.1) is 4.90 Å². The molecule has 0 amide bonds. The molecule has 0 aromatic heterocycles. The fraction of sp³-hybridized carbons (Fsp3) is 0.250. The molecule has 6 heteroatoms. The molecule has 30 heavy (non-hydrogen) atoms. The lowest BCUT2D eigenvalue weighted by atomic mass is 10.2. The third-order valence-electron chi connectivity index (χ3n) is 4.50. The van der Waals surface area contributed by atoms with Crippen molar-refractivity contribution in [1.29, 1.82) is 0 Å². The Morgan fingerprint density at radius 2 is 0.900 bits per heavy atom. The first kappa shape index (κ1) is 24.8. The Labute approximate surface area is 188 Å². The summed E-state index contributed by atoms with van der Waals surface area (Å²) < 4.78 is 36.9. The van der Waals surface area contributed by atoms with Crippen LogP contribution in [0.1, 0.15) is 33.4 Å². The molecular formula is C24H27F3S3. The van der Waals surface area contributed by atoms with Gasteiger partial charge in [0.15, 0.2) is 0 Å². The minimum Gasteiger partial charge on any atom is -0.120 e. The van der Waals surface area contributed by atoms with E-state index in [9.17, 15) is 11.7 Å². The first-order chi connectivity index (χ1) is 14.0. The van der Waals surface area contributed by atoms with Gasteiger partial charge < -0.3 is 0 Å². The lowest BCUT2D eigenvalue weighted by Gasteiger charge is -2.13. The normalized spacial score (nSPS) is 11.6.